The van der Waals surface area contributed by atoms with Crippen LogP contribution in [0.1, 0.15) is 29.8 Å². The summed E-state index contributed by atoms with van der Waals surface area (Å²) < 4.78 is 38.2. The summed E-state index contributed by atoms with van der Waals surface area (Å²) in [6, 6.07) is 10.3. The van der Waals surface area contributed by atoms with E-state index in [1.807, 2.05) is 17.4 Å². The number of fused-ring (bicyclic) bond motifs is 1. The van der Waals surface area contributed by atoms with Crippen molar-refractivity contribution in [2.24, 2.45) is 0 Å². The van der Waals surface area contributed by atoms with Crippen molar-refractivity contribution < 1.29 is 32.3 Å². The van der Waals surface area contributed by atoms with Crippen LogP contribution in [0.5, 0.6) is 5.75 Å². The summed E-state index contributed by atoms with van der Waals surface area (Å²) in [5, 5.41) is 4.44. The molecule has 1 aliphatic heterocycles. The quantitative estimate of drug-likeness (QED) is 0.584. The highest BCUT2D eigenvalue weighted by molar-refractivity contribution is 7.92. The molecule has 0 aliphatic carbocycles. The molecule has 2 N–H and O–H groups in total. The molecular formula is C22H25N3O7S. The van der Waals surface area contributed by atoms with Crippen molar-refractivity contribution in [3.63, 3.8) is 0 Å². The lowest BCUT2D eigenvalue weighted by Crippen LogP contribution is -2.44. The number of rotatable bonds is 7. The van der Waals surface area contributed by atoms with Gasteiger partial charge in [-0.2, -0.15) is 0 Å². The molecule has 0 spiro atoms. The zero-order valence-corrected chi connectivity index (χ0v) is 19.3. The summed E-state index contributed by atoms with van der Waals surface area (Å²) in [4.78, 5) is 36.2. The first-order chi connectivity index (χ1) is 15.7. The first-order valence-corrected chi connectivity index (χ1v) is 11.7. The predicted octanol–water partition coefficient (Wildman–Crippen LogP) is 1.84. The highest BCUT2D eigenvalue weighted by atomic mass is 32.2. The SMILES string of the molecule is CCNC(=O)NC(=O)[C@H](C)OC(=O)c1cc(S(=O)(=O)N2CCc3ccccc32)ccc1OC. The number of nitrogens with zero attached hydrogens (tertiary/aromatic N) is 1. The molecule has 2 aromatic carbocycles. The molecule has 1 aliphatic rings. The van der Waals surface area contributed by atoms with Crippen molar-refractivity contribution in [2.75, 3.05) is 24.5 Å². The highest BCUT2D eigenvalue weighted by Gasteiger charge is 2.32. The Kier molecular flexibility index (Phi) is 7.22. The second-order valence-corrected chi connectivity index (χ2v) is 9.08. The Hall–Kier alpha value is -3.60. The Bertz CT molecular complexity index is 1180. The summed E-state index contributed by atoms with van der Waals surface area (Å²) in [5.41, 5.74) is 1.35. The van der Waals surface area contributed by atoms with Gasteiger partial charge in [0.2, 0.25) is 0 Å². The Balaban J connectivity index is 1.84. The average Bonchev–Trinajstić information content (AvgIpc) is 3.23. The number of urea groups is 1. The lowest BCUT2D eigenvalue weighted by atomic mass is 10.2. The van der Waals surface area contributed by atoms with Crippen molar-refractivity contribution in [3.8, 4) is 5.75 Å². The maximum atomic E-state index is 13.3. The van der Waals surface area contributed by atoms with E-state index in [1.54, 1.807) is 19.1 Å². The third-order valence-electron chi connectivity index (χ3n) is 5.05. The van der Waals surface area contributed by atoms with Crippen LogP contribution >= 0.6 is 0 Å². The summed E-state index contributed by atoms with van der Waals surface area (Å²) in [6.45, 7) is 3.57. The molecule has 3 rings (SSSR count). The number of esters is 1. The van der Waals surface area contributed by atoms with Crippen molar-refractivity contribution in [2.45, 2.75) is 31.3 Å². The van der Waals surface area contributed by atoms with Crippen molar-refractivity contribution in [1.29, 1.82) is 0 Å². The molecular weight excluding hydrogens is 450 g/mol. The van der Waals surface area contributed by atoms with Crippen LogP contribution in [0.15, 0.2) is 47.4 Å². The van der Waals surface area contributed by atoms with Crippen LogP contribution in [-0.2, 0) is 26.0 Å². The molecule has 0 aromatic heterocycles. The number of anilines is 1. The molecule has 0 unspecified atom stereocenters. The number of amides is 3. The van der Waals surface area contributed by atoms with Gasteiger partial charge in [0.1, 0.15) is 11.3 Å². The van der Waals surface area contributed by atoms with Crippen LogP contribution in [0.3, 0.4) is 0 Å². The first-order valence-electron chi connectivity index (χ1n) is 10.3. The number of imide groups is 1. The molecule has 0 saturated heterocycles. The van der Waals surface area contributed by atoms with Gasteiger partial charge in [-0.1, -0.05) is 18.2 Å². The van der Waals surface area contributed by atoms with Gasteiger partial charge >= 0.3 is 12.0 Å². The van der Waals surface area contributed by atoms with Crippen LogP contribution in [0.4, 0.5) is 10.5 Å². The van der Waals surface area contributed by atoms with Gasteiger partial charge in [0, 0.05) is 13.1 Å². The first kappa shape index (κ1) is 24.1. The third-order valence-corrected chi connectivity index (χ3v) is 6.86. The second-order valence-electron chi connectivity index (χ2n) is 7.21. The summed E-state index contributed by atoms with van der Waals surface area (Å²) in [5.74, 6) is -1.72. The van der Waals surface area contributed by atoms with E-state index >= 15 is 0 Å². The van der Waals surface area contributed by atoms with E-state index in [4.69, 9.17) is 9.47 Å². The standard InChI is InChI=1S/C22H25N3O7S/c1-4-23-22(28)24-20(26)14(2)32-21(27)17-13-16(9-10-19(17)31-3)33(29,30)25-12-11-15-7-5-6-8-18(15)25/h5-10,13-14H,4,11-12H2,1-3H3,(H2,23,24,26,28)/t14-/m0/s1. The van der Waals surface area contributed by atoms with Gasteiger partial charge in [-0.15, -0.1) is 0 Å². The number of para-hydroxylation sites is 1. The van der Waals surface area contributed by atoms with Crippen molar-refractivity contribution in [1.82, 2.24) is 10.6 Å². The summed E-state index contributed by atoms with van der Waals surface area (Å²) in [7, 11) is -2.64. The van der Waals surface area contributed by atoms with Crippen LogP contribution in [0.2, 0.25) is 0 Å². The number of benzene rings is 2. The van der Waals surface area contributed by atoms with Gasteiger partial charge in [-0.3, -0.25) is 14.4 Å². The molecule has 0 radical (unpaired) electrons. The monoisotopic (exact) mass is 475 g/mol. The number of hydrogen-bond acceptors (Lipinski definition) is 7. The minimum atomic E-state index is -3.96. The number of hydrogen-bond donors (Lipinski definition) is 2. The smallest absolute Gasteiger partial charge is 0.342 e. The van der Waals surface area contributed by atoms with E-state index in [0.717, 1.165) is 11.6 Å². The van der Waals surface area contributed by atoms with E-state index in [9.17, 15) is 22.8 Å². The van der Waals surface area contributed by atoms with Gasteiger partial charge in [0.25, 0.3) is 15.9 Å². The Morgan fingerprint density at radius 2 is 1.88 bits per heavy atom. The lowest BCUT2D eigenvalue weighted by molar-refractivity contribution is -0.127. The second kappa shape index (κ2) is 9.90. The van der Waals surface area contributed by atoms with E-state index < -0.39 is 34.0 Å². The number of carbonyl (C=O) groups excluding carboxylic acids is 3. The van der Waals surface area contributed by atoms with Crippen molar-refractivity contribution in [3.05, 3.63) is 53.6 Å². The molecule has 1 atom stereocenters. The topological polar surface area (TPSA) is 131 Å². The fourth-order valence-electron chi connectivity index (χ4n) is 3.39. The van der Waals surface area contributed by atoms with Gasteiger partial charge < -0.3 is 14.8 Å². The number of methoxy groups -OCH3 is 1. The minimum Gasteiger partial charge on any atom is -0.496 e. The Morgan fingerprint density at radius 3 is 2.58 bits per heavy atom. The maximum absolute atomic E-state index is 13.3. The van der Waals surface area contributed by atoms with E-state index in [0.29, 0.717) is 18.7 Å². The van der Waals surface area contributed by atoms with Crippen molar-refractivity contribution >= 4 is 33.6 Å². The zero-order valence-electron chi connectivity index (χ0n) is 18.5. The third kappa shape index (κ3) is 5.08. The van der Waals surface area contributed by atoms with Crippen LogP contribution in [0, 0.1) is 0 Å². The lowest BCUT2D eigenvalue weighted by Gasteiger charge is -2.20. The maximum Gasteiger partial charge on any atom is 0.342 e. The van der Waals surface area contributed by atoms with Crippen LogP contribution < -0.4 is 19.7 Å². The molecule has 11 heteroatoms. The molecule has 33 heavy (non-hydrogen) atoms. The molecule has 0 fully saturated rings. The molecule has 3 amide bonds. The van der Waals surface area contributed by atoms with E-state index in [2.05, 4.69) is 5.32 Å². The highest BCUT2D eigenvalue weighted by Crippen LogP contribution is 2.34. The van der Waals surface area contributed by atoms with Crippen LogP contribution in [-0.4, -0.2) is 52.6 Å². The summed E-state index contributed by atoms with van der Waals surface area (Å²) >= 11 is 0. The molecule has 1 heterocycles. The number of carbonyl (C=O) groups is 3. The molecule has 0 saturated carbocycles. The molecule has 10 nitrogen and oxygen atoms in total. The van der Waals surface area contributed by atoms with E-state index in [-0.39, 0.29) is 22.8 Å². The molecule has 176 valence electrons. The van der Waals surface area contributed by atoms with Gasteiger partial charge in [-0.05, 0) is 50.1 Å². The predicted molar refractivity (Wildman–Crippen MR) is 120 cm³/mol. The number of sulfonamides is 1. The Labute approximate surface area is 191 Å². The average molecular weight is 476 g/mol. The van der Waals surface area contributed by atoms with Gasteiger partial charge in [-0.25, -0.2) is 18.0 Å². The van der Waals surface area contributed by atoms with E-state index in [1.165, 1.54) is 30.5 Å². The number of ether oxygens (including phenoxy) is 2. The largest absolute Gasteiger partial charge is 0.496 e. The normalized spacial score (nSPS) is 13.6. The fourth-order valence-corrected chi connectivity index (χ4v) is 4.92. The fraction of sp³-hybridized carbons (Fsp3) is 0.318. The minimum absolute atomic E-state index is 0.0807. The zero-order chi connectivity index (χ0) is 24.2. The van der Waals surface area contributed by atoms with Gasteiger partial charge in [0.15, 0.2) is 6.10 Å². The number of nitrogens with one attached hydrogen (secondary N) is 2. The summed E-state index contributed by atoms with van der Waals surface area (Å²) in [6.07, 6.45) is -0.728. The molecule has 0 bridgehead atoms. The molecule has 2 aromatic rings. The van der Waals surface area contributed by atoms with Gasteiger partial charge in [0.05, 0.1) is 17.7 Å². The Morgan fingerprint density at radius 1 is 1.15 bits per heavy atom. The van der Waals surface area contributed by atoms with Crippen LogP contribution in [0.25, 0.3) is 0 Å².